The Balaban J connectivity index is 1.32. The maximum atomic E-state index is 14.0. The lowest BCUT2D eigenvalue weighted by atomic mass is 9.99. The van der Waals surface area contributed by atoms with Crippen LogP contribution in [0.4, 0.5) is 17.1 Å². The summed E-state index contributed by atoms with van der Waals surface area (Å²) < 4.78 is 5.79. The number of ether oxygens (including phenoxy) is 1. The Kier molecular flexibility index (Phi) is 7.45. The molecule has 0 saturated heterocycles. The molecule has 0 saturated carbocycles. The molecule has 0 bridgehead atoms. The smallest absolute Gasteiger partial charge is 0.262 e. The summed E-state index contributed by atoms with van der Waals surface area (Å²) in [6.07, 6.45) is -0.407. The van der Waals surface area contributed by atoms with Crippen molar-refractivity contribution in [3.05, 3.63) is 156 Å². The first-order valence-electron chi connectivity index (χ1n) is 13.5. The van der Waals surface area contributed by atoms with Gasteiger partial charge < -0.3 is 15.0 Å². The number of nitrogens with zero attached hydrogens (tertiary/aromatic N) is 2. The Bertz CT molecular complexity index is 1620. The molecule has 0 aliphatic carbocycles. The van der Waals surface area contributed by atoms with Crippen LogP contribution >= 0.6 is 0 Å². The van der Waals surface area contributed by atoms with Crippen LogP contribution < -0.4 is 19.9 Å². The SMILES string of the molecule is O=C(COc1ccc([C@H]2N(Cc3ccccc3)c3ccccc3C(=O)N2c2ccccc2)cc1)Nc1ccccc1. The molecule has 5 aromatic rings. The van der Waals surface area contributed by atoms with E-state index in [1.165, 1.54) is 0 Å². The highest BCUT2D eigenvalue weighted by atomic mass is 16.5. The highest BCUT2D eigenvalue weighted by Crippen LogP contribution is 2.42. The first kappa shape index (κ1) is 25.9. The maximum absolute atomic E-state index is 14.0. The zero-order valence-corrected chi connectivity index (χ0v) is 22.4. The lowest BCUT2D eigenvalue weighted by Crippen LogP contribution is -2.49. The van der Waals surface area contributed by atoms with E-state index in [0.717, 1.165) is 28.2 Å². The van der Waals surface area contributed by atoms with E-state index in [9.17, 15) is 9.59 Å². The molecule has 0 unspecified atom stereocenters. The quantitative estimate of drug-likeness (QED) is 0.229. The van der Waals surface area contributed by atoms with Crippen LogP contribution in [0.5, 0.6) is 5.75 Å². The largest absolute Gasteiger partial charge is 0.484 e. The molecule has 0 radical (unpaired) electrons. The molecular weight excluding hydrogens is 510 g/mol. The van der Waals surface area contributed by atoms with Gasteiger partial charge >= 0.3 is 0 Å². The minimum absolute atomic E-state index is 0.0565. The van der Waals surface area contributed by atoms with Gasteiger partial charge in [-0.25, -0.2) is 0 Å². The van der Waals surface area contributed by atoms with Gasteiger partial charge in [0, 0.05) is 17.9 Å². The van der Waals surface area contributed by atoms with E-state index in [1.54, 1.807) is 0 Å². The molecule has 0 aromatic heterocycles. The van der Waals surface area contributed by atoms with Gasteiger partial charge in [0.25, 0.3) is 11.8 Å². The number of carbonyl (C=O) groups is 2. The van der Waals surface area contributed by atoms with Crippen molar-refractivity contribution in [3.63, 3.8) is 0 Å². The monoisotopic (exact) mass is 539 g/mol. The van der Waals surface area contributed by atoms with Gasteiger partial charge in [-0.05, 0) is 59.7 Å². The summed E-state index contributed by atoms with van der Waals surface area (Å²) in [5.41, 5.74) is 5.14. The Hall–Kier alpha value is -5.36. The molecule has 6 nitrogen and oxygen atoms in total. The third kappa shape index (κ3) is 5.68. The predicted molar refractivity (Wildman–Crippen MR) is 162 cm³/mol. The normalized spacial score (nSPS) is 14.3. The first-order chi connectivity index (χ1) is 20.2. The fraction of sp³-hybridized carbons (Fsp3) is 0.0857. The summed E-state index contributed by atoms with van der Waals surface area (Å²) in [6.45, 7) is 0.497. The average molecular weight is 540 g/mol. The van der Waals surface area contributed by atoms with Crippen LogP contribution in [0.25, 0.3) is 0 Å². The summed E-state index contributed by atoms with van der Waals surface area (Å²) >= 11 is 0. The highest BCUT2D eigenvalue weighted by Gasteiger charge is 2.39. The standard InChI is InChI=1S/C35H29N3O3/c39-33(36-28-14-6-2-7-15-28)25-41-30-22-20-27(21-23-30)34-37(24-26-12-4-1-5-13-26)32-19-11-10-18-31(32)35(40)38(34)29-16-8-3-9-17-29/h1-23,34H,24-25H2,(H,36,39)/t34-/m0/s1. The van der Waals surface area contributed by atoms with Crippen LogP contribution in [0.15, 0.2) is 140 Å². The van der Waals surface area contributed by atoms with E-state index in [-0.39, 0.29) is 18.4 Å². The number of anilines is 3. The highest BCUT2D eigenvalue weighted by molar-refractivity contribution is 6.12. The van der Waals surface area contributed by atoms with Crippen LogP contribution in [-0.2, 0) is 11.3 Å². The number of nitrogens with one attached hydrogen (secondary N) is 1. The Morgan fingerprint density at radius 2 is 1.32 bits per heavy atom. The second-order valence-corrected chi connectivity index (χ2v) is 9.79. The summed E-state index contributed by atoms with van der Waals surface area (Å²) in [4.78, 5) is 30.5. The number of amides is 2. The van der Waals surface area contributed by atoms with E-state index >= 15 is 0 Å². The lowest BCUT2D eigenvalue weighted by Gasteiger charge is -2.46. The van der Waals surface area contributed by atoms with Crippen LogP contribution in [0.2, 0.25) is 0 Å². The zero-order chi connectivity index (χ0) is 28.0. The molecule has 1 atom stereocenters. The van der Waals surface area contributed by atoms with Crippen molar-refractivity contribution in [1.82, 2.24) is 0 Å². The molecule has 202 valence electrons. The topological polar surface area (TPSA) is 61.9 Å². The number of benzene rings is 5. The van der Waals surface area contributed by atoms with Gasteiger partial charge in [0.1, 0.15) is 11.9 Å². The van der Waals surface area contributed by atoms with E-state index in [0.29, 0.717) is 17.9 Å². The molecule has 0 fully saturated rings. The molecule has 1 heterocycles. The molecular formula is C35H29N3O3. The number of hydrogen-bond donors (Lipinski definition) is 1. The number of hydrogen-bond acceptors (Lipinski definition) is 4. The molecule has 6 rings (SSSR count). The van der Waals surface area contributed by atoms with Gasteiger partial charge in [-0.1, -0.05) is 91.0 Å². The van der Waals surface area contributed by atoms with Crippen molar-refractivity contribution >= 4 is 28.9 Å². The third-order valence-corrected chi connectivity index (χ3v) is 7.04. The van der Waals surface area contributed by atoms with Crippen molar-refractivity contribution in [3.8, 4) is 5.75 Å². The van der Waals surface area contributed by atoms with Crippen LogP contribution in [-0.4, -0.2) is 18.4 Å². The minimum atomic E-state index is -0.407. The molecule has 5 aromatic carbocycles. The number of fused-ring (bicyclic) bond motifs is 1. The Morgan fingerprint density at radius 1 is 0.707 bits per heavy atom. The second-order valence-electron chi connectivity index (χ2n) is 9.79. The minimum Gasteiger partial charge on any atom is -0.484 e. The van der Waals surface area contributed by atoms with Crippen LogP contribution in [0.3, 0.4) is 0 Å². The van der Waals surface area contributed by atoms with Crippen molar-refractivity contribution in [2.24, 2.45) is 0 Å². The van der Waals surface area contributed by atoms with Crippen LogP contribution in [0.1, 0.15) is 27.7 Å². The lowest BCUT2D eigenvalue weighted by molar-refractivity contribution is -0.118. The van der Waals surface area contributed by atoms with E-state index in [4.69, 9.17) is 4.74 Å². The fourth-order valence-corrected chi connectivity index (χ4v) is 5.15. The summed E-state index contributed by atoms with van der Waals surface area (Å²) in [5.74, 6) is 0.276. The average Bonchev–Trinajstić information content (AvgIpc) is 3.03. The number of rotatable bonds is 8. The predicted octanol–water partition coefficient (Wildman–Crippen LogP) is 7.07. The van der Waals surface area contributed by atoms with Gasteiger partial charge in [0.2, 0.25) is 0 Å². The maximum Gasteiger partial charge on any atom is 0.262 e. The van der Waals surface area contributed by atoms with Crippen molar-refractivity contribution in [1.29, 1.82) is 0 Å². The van der Waals surface area contributed by atoms with Crippen molar-refractivity contribution in [2.45, 2.75) is 12.7 Å². The summed E-state index contributed by atoms with van der Waals surface area (Å²) in [7, 11) is 0. The van der Waals surface area contributed by atoms with Gasteiger partial charge in [-0.2, -0.15) is 0 Å². The number of para-hydroxylation sites is 3. The summed E-state index contributed by atoms with van der Waals surface area (Å²) in [5, 5.41) is 2.83. The van der Waals surface area contributed by atoms with E-state index in [1.807, 2.05) is 132 Å². The van der Waals surface area contributed by atoms with Crippen molar-refractivity contribution in [2.75, 3.05) is 21.7 Å². The molecule has 41 heavy (non-hydrogen) atoms. The van der Waals surface area contributed by atoms with Crippen LogP contribution in [0, 0.1) is 0 Å². The van der Waals surface area contributed by atoms with Gasteiger partial charge in [-0.15, -0.1) is 0 Å². The third-order valence-electron chi connectivity index (χ3n) is 7.04. The molecule has 0 spiro atoms. The molecule has 2 amide bonds. The molecule has 1 aliphatic heterocycles. The molecule has 1 aliphatic rings. The van der Waals surface area contributed by atoms with E-state index < -0.39 is 6.17 Å². The Morgan fingerprint density at radius 3 is 2.02 bits per heavy atom. The molecule has 1 N–H and O–H groups in total. The Labute approximate surface area is 239 Å². The van der Waals surface area contributed by atoms with E-state index in [2.05, 4.69) is 22.3 Å². The van der Waals surface area contributed by atoms with Gasteiger partial charge in [0.05, 0.1) is 11.3 Å². The van der Waals surface area contributed by atoms with Crippen molar-refractivity contribution < 1.29 is 14.3 Å². The van der Waals surface area contributed by atoms with Gasteiger partial charge in [0.15, 0.2) is 6.61 Å². The second kappa shape index (κ2) is 11.8. The number of carbonyl (C=O) groups excluding carboxylic acids is 2. The molecule has 6 heteroatoms. The fourth-order valence-electron chi connectivity index (χ4n) is 5.15. The first-order valence-corrected chi connectivity index (χ1v) is 13.5. The zero-order valence-electron chi connectivity index (χ0n) is 22.4. The summed E-state index contributed by atoms with van der Waals surface area (Å²) in [6, 6.07) is 44.7. The van der Waals surface area contributed by atoms with Gasteiger partial charge in [-0.3, -0.25) is 14.5 Å².